The van der Waals surface area contributed by atoms with Gasteiger partial charge in [-0.15, -0.1) is 0 Å². The van der Waals surface area contributed by atoms with Gasteiger partial charge >= 0.3 is 0 Å². The van der Waals surface area contributed by atoms with Crippen molar-refractivity contribution in [1.82, 2.24) is 24.2 Å². The minimum Gasteiger partial charge on any atom is -0.495 e. The fraction of sp³-hybridized carbons (Fsp3) is 0.333. The van der Waals surface area contributed by atoms with Crippen LogP contribution in [0, 0.1) is 13.8 Å². The van der Waals surface area contributed by atoms with Crippen LogP contribution < -0.4 is 15.2 Å². The number of anilines is 1. The van der Waals surface area contributed by atoms with Gasteiger partial charge < -0.3 is 14.5 Å². The van der Waals surface area contributed by atoms with E-state index in [2.05, 4.69) is 15.0 Å². The molecule has 2 aromatic carbocycles. The number of piperazine rings is 1. The van der Waals surface area contributed by atoms with Crippen molar-refractivity contribution in [2.24, 2.45) is 0 Å². The van der Waals surface area contributed by atoms with Gasteiger partial charge in [0.2, 0.25) is 5.91 Å². The number of nitrogens with zero attached hydrogens (tertiary/aromatic N) is 6. The zero-order chi connectivity index (χ0) is 25.2. The summed E-state index contributed by atoms with van der Waals surface area (Å²) in [6.07, 6.45) is 1.80. The molecular weight excluding hydrogens is 456 g/mol. The van der Waals surface area contributed by atoms with Crippen molar-refractivity contribution in [3.63, 3.8) is 0 Å². The van der Waals surface area contributed by atoms with E-state index in [4.69, 9.17) is 4.74 Å². The molecule has 0 N–H and O–H groups in total. The summed E-state index contributed by atoms with van der Waals surface area (Å²) >= 11 is 0. The number of carbonyl (C=O) groups is 1. The fourth-order valence-electron chi connectivity index (χ4n) is 4.70. The monoisotopic (exact) mass is 486 g/mol. The lowest BCUT2D eigenvalue weighted by Gasteiger charge is -2.36. The van der Waals surface area contributed by atoms with Crippen LogP contribution in [0.25, 0.3) is 16.7 Å². The molecule has 0 spiro atoms. The van der Waals surface area contributed by atoms with E-state index >= 15 is 0 Å². The molecule has 36 heavy (non-hydrogen) atoms. The first-order valence-electron chi connectivity index (χ1n) is 12.1. The molecule has 1 fully saturated rings. The Morgan fingerprint density at radius 3 is 2.44 bits per heavy atom. The number of carbonyl (C=O) groups excluding carboxylic acids is 1. The number of fused-ring (bicyclic) bond motifs is 1. The number of ether oxygens (including phenoxy) is 1. The first-order valence-corrected chi connectivity index (χ1v) is 12.1. The minimum atomic E-state index is -0.176. The molecule has 4 aromatic rings. The van der Waals surface area contributed by atoms with Gasteiger partial charge in [0, 0.05) is 39.1 Å². The molecule has 9 nitrogen and oxygen atoms in total. The Kier molecular flexibility index (Phi) is 6.45. The normalized spacial score (nSPS) is 13.9. The van der Waals surface area contributed by atoms with Crippen molar-refractivity contribution in [2.75, 3.05) is 38.2 Å². The third-order valence-corrected chi connectivity index (χ3v) is 6.76. The molecule has 0 saturated carbocycles. The lowest BCUT2D eigenvalue weighted by Crippen LogP contribution is -2.49. The number of aryl methyl sites for hydroxylation is 2. The summed E-state index contributed by atoms with van der Waals surface area (Å²) < 4.78 is 8.73. The van der Waals surface area contributed by atoms with E-state index in [1.807, 2.05) is 60.4 Å². The average molecular weight is 487 g/mol. The van der Waals surface area contributed by atoms with Gasteiger partial charge in [0.05, 0.1) is 24.7 Å². The molecule has 1 aliphatic heterocycles. The van der Waals surface area contributed by atoms with Gasteiger partial charge in [0.15, 0.2) is 5.65 Å². The van der Waals surface area contributed by atoms with Crippen molar-refractivity contribution in [3.05, 3.63) is 76.5 Å². The summed E-state index contributed by atoms with van der Waals surface area (Å²) in [5.74, 6) is 1.44. The van der Waals surface area contributed by atoms with Gasteiger partial charge in [-0.25, -0.2) is 9.67 Å². The first kappa shape index (κ1) is 23.6. The van der Waals surface area contributed by atoms with Crippen molar-refractivity contribution >= 4 is 22.6 Å². The SMILES string of the molecule is COc1ccccc1N1CCN(C(=O)CCn2c(C)nc3c(cnn3-c3ccc(C)cc3)c2=O)CC1. The lowest BCUT2D eigenvalue weighted by molar-refractivity contribution is -0.131. The molecule has 0 bridgehead atoms. The highest BCUT2D eigenvalue weighted by atomic mass is 16.5. The summed E-state index contributed by atoms with van der Waals surface area (Å²) in [7, 11) is 1.67. The molecule has 9 heteroatoms. The Morgan fingerprint density at radius 2 is 1.72 bits per heavy atom. The minimum absolute atomic E-state index is 0.0384. The Labute approximate surface area is 209 Å². The number of amides is 1. The lowest BCUT2D eigenvalue weighted by atomic mass is 10.2. The van der Waals surface area contributed by atoms with Gasteiger partial charge in [0.1, 0.15) is 17.0 Å². The highest BCUT2D eigenvalue weighted by molar-refractivity contribution is 5.77. The molecule has 0 unspecified atom stereocenters. The molecule has 0 atom stereocenters. The summed E-state index contributed by atoms with van der Waals surface area (Å²) in [6.45, 7) is 6.83. The number of hydrogen-bond acceptors (Lipinski definition) is 6. The van der Waals surface area contributed by atoms with Crippen LogP contribution in [-0.4, -0.2) is 63.4 Å². The Bertz CT molecular complexity index is 1450. The summed E-state index contributed by atoms with van der Waals surface area (Å²) in [4.78, 5) is 35.0. The van der Waals surface area contributed by atoms with Gasteiger partial charge in [-0.1, -0.05) is 29.8 Å². The average Bonchev–Trinajstić information content (AvgIpc) is 3.32. The molecule has 0 radical (unpaired) electrons. The van der Waals surface area contributed by atoms with Gasteiger partial charge in [0.25, 0.3) is 5.56 Å². The van der Waals surface area contributed by atoms with Crippen LogP contribution in [0.15, 0.2) is 59.5 Å². The molecule has 5 rings (SSSR count). The molecule has 1 aliphatic rings. The van der Waals surface area contributed by atoms with Crippen LogP contribution in [-0.2, 0) is 11.3 Å². The molecule has 3 heterocycles. The van der Waals surface area contributed by atoms with Crippen molar-refractivity contribution in [3.8, 4) is 11.4 Å². The maximum Gasteiger partial charge on any atom is 0.264 e. The predicted octanol–water partition coefficient (Wildman–Crippen LogP) is 2.95. The van der Waals surface area contributed by atoms with Gasteiger partial charge in [-0.2, -0.15) is 5.10 Å². The zero-order valence-electron chi connectivity index (χ0n) is 20.8. The third-order valence-electron chi connectivity index (χ3n) is 6.76. The zero-order valence-corrected chi connectivity index (χ0v) is 20.8. The quantitative estimate of drug-likeness (QED) is 0.417. The highest BCUT2D eigenvalue weighted by Gasteiger charge is 2.23. The maximum absolute atomic E-state index is 13.2. The second kappa shape index (κ2) is 9.85. The molecular formula is C27H30N6O3. The van der Waals surface area contributed by atoms with Gasteiger partial charge in [-0.05, 0) is 38.1 Å². The topological polar surface area (TPSA) is 85.5 Å². The Morgan fingerprint density at radius 1 is 1.00 bits per heavy atom. The van der Waals surface area contributed by atoms with Crippen LogP contribution in [0.4, 0.5) is 5.69 Å². The molecule has 2 aromatic heterocycles. The predicted molar refractivity (Wildman–Crippen MR) is 139 cm³/mol. The van der Waals surface area contributed by atoms with Crippen LogP contribution in [0.1, 0.15) is 17.8 Å². The van der Waals surface area contributed by atoms with E-state index in [1.54, 1.807) is 29.5 Å². The molecule has 0 aliphatic carbocycles. The van der Waals surface area contributed by atoms with Crippen LogP contribution >= 0.6 is 0 Å². The highest BCUT2D eigenvalue weighted by Crippen LogP contribution is 2.28. The third kappa shape index (κ3) is 4.44. The number of hydrogen-bond donors (Lipinski definition) is 0. The smallest absolute Gasteiger partial charge is 0.264 e. The summed E-state index contributed by atoms with van der Waals surface area (Å²) in [5.41, 5.74) is 3.38. The van der Waals surface area contributed by atoms with E-state index in [-0.39, 0.29) is 24.4 Å². The first-order chi connectivity index (χ1) is 17.5. The van der Waals surface area contributed by atoms with Crippen molar-refractivity contribution in [1.29, 1.82) is 0 Å². The molecule has 1 saturated heterocycles. The van der Waals surface area contributed by atoms with Crippen LogP contribution in [0.2, 0.25) is 0 Å². The van der Waals surface area contributed by atoms with E-state index in [0.717, 1.165) is 35.8 Å². The van der Waals surface area contributed by atoms with E-state index in [0.29, 0.717) is 29.9 Å². The van der Waals surface area contributed by atoms with E-state index in [1.165, 1.54) is 0 Å². The number of para-hydroxylation sites is 2. The fourth-order valence-corrected chi connectivity index (χ4v) is 4.70. The van der Waals surface area contributed by atoms with Crippen molar-refractivity contribution in [2.45, 2.75) is 26.8 Å². The molecule has 1 amide bonds. The standard InChI is InChI=1S/C27H30N6O3/c1-19-8-10-21(11-9-19)33-26-22(18-28-33)27(35)32(20(2)29-26)13-12-25(34)31-16-14-30(15-17-31)23-6-4-5-7-24(23)36-3/h4-11,18H,12-17H2,1-3H3. The number of benzene rings is 2. The Balaban J connectivity index is 1.26. The number of aromatic nitrogens is 4. The summed E-state index contributed by atoms with van der Waals surface area (Å²) in [6, 6.07) is 15.8. The second-order valence-electron chi connectivity index (χ2n) is 9.03. The van der Waals surface area contributed by atoms with Crippen LogP contribution in [0.5, 0.6) is 5.75 Å². The van der Waals surface area contributed by atoms with E-state index in [9.17, 15) is 9.59 Å². The largest absolute Gasteiger partial charge is 0.495 e. The number of methoxy groups -OCH3 is 1. The Hall–Kier alpha value is -4.14. The van der Waals surface area contributed by atoms with Crippen LogP contribution in [0.3, 0.4) is 0 Å². The van der Waals surface area contributed by atoms with E-state index < -0.39 is 0 Å². The summed E-state index contributed by atoms with van der Waals surface area (Å²) in [5, 5.41) is 4.85. The second-order valence-corrected chi connectivity index (χ2v) is 9.03. The number of rotatable bonds is 6. The maximum atomic E-state index is 13.2. The molecule has 186 valence electrons. The van der Waals surface area contributed by atoms with Crippen molar-refractivity contribution < 1.29 is 9.53 Å². The van der Waals surface area contributed by atoms with Gasteiger partial charge in [-0.3, -0.25) is 14.2 Å².